The van der Waals surface area contributed by atoms with E-state index in [0.29, 0.717) is 5.78 Å². The number of rotatable bonds is 4. The Hall–Kier alpha value is -0.660. The molecule has 0 N–H and O–H groups in total. The van der Waals surface area contributed by atoms with Crippen molar-refractivity contribution >= 4 is 11.6 Å². The van der Waals surface area contributed by atoms with Gasteiger partial charge in [0, 0.05) is 12.8 Å². The average molecular weight is 172 g/mol. The van der Waals surface area contributed by atoms with Gasteiger partial charge in [-0.2, -0.15) is 0 Å². The third kappa shape index (κ3) is 22.8. The molecule has 0 saturated carbocycles. The molecule has 0 atom stereocenters. The number of Topliss-reactive ketones (excluding diaryl/α,β-unsaturated/α-hetero) is 2. The van der Waals surface area contributed by atoms with Crippen LogP contribution in [0, 0.1) is 0 Å². The van der Waals surface area contributed by atoms with Gasteiger partial charge in [-0.3, -0.25) is 4.79 Å². The summed E-state index contributed by atoms with van der Waals surface area (Å²) in [6, 6.07) is 0. The molecule has 72 valence electrons. The molecule has 2 nitrogen and oxygen atoms in total. The highest BCUT2D eigenvalue weighted by molar-refractivity contribution is 5.78. The smallest absolute Gasteiger partial charge is 0.132 e. The summed E-state index contributed by atoms with van der Waals surface area (Å²) in [5, 5.41) is 0. The topological polar surface area (TPSA) is 34.1 Å². The van der Waals surface area contributed by atoms with Crippen molar-refractivity contribution in [2.24, 2.45) is 0 Å². The van der Waals surface area contributed by atoms with Crippen LogP contribution >= 0.6 is 0 Å². The Morgan fingerprint density at radius 2 is 1.17 bits per heavy atom. The highest BCUT2D eigenvalue weighted by Gasteiger charge is 1.94. The lowest BCUT2D eigenvalue weighted by Crippen LogP contribution is -1.93. The quantitative estimate of drug-likeness (QED) is 0.653. The zero-order valence-electron chi connectivity index (χ0n) is 8.64. The zero-order chi connectivity index (χ0) is 9.98. The Bertz CT molecular complexity index is 116. The van der Waals surface area contributed by atoms with Crippen LogP contribution in [0.25, 0.3) is 0 Å². The Balaban J connectivity index is 0. The molecule has 0 aliphatic heterocycles. The second kappa shape index (κ2) is 10.3. The van der Waals surface area contributed by atoms with Crippen LogP contribution in [0.1, 0.15) is 53.4 Å². The van der Waals surface area contributed by atoms with Crippen LogP contribution in [0.3, 0.4) is 0 Å². The maximum Gasteiger partial charge on any atom is 0.132 e. The van der Waals surface area contributed by atoms with Crippen molar-refractivity contribution in [3.8, 4) is 0 Å². The van der Waals surface area contributed by atoms with Gasteiger partial charge in [0.15, 0.2) is 0 Å². The third-order valence-electron chi connectivity index (χ3n) is 1.06. The Morgan fingerprint density at radius 3 is 1.33 bits per heavy atom. The molecule has 12 heavy (non-hydrogen) atoms. The molecule has 0 radical (unpaired) electrons. The van der Waals surface area contributed by atoms with Gasteiger partial charge in [0.05, 0.1) is 0 Å². The van der Waals surface area contributed by atoms with Crippen LogP contribution in [0.15, 0.2) is 0 Å². The summed E-state index contributed by atoms with van der Waals surface area (Å²) in [7, 11) is 0. The summed E-state index contributed by atoms with van der Waals surface area (Å²) in [4.78, 5) is 20.1. The Labute approximate surface area is 75.4 Å². The monoisotopic (exact) mass is 172 g/mol. The van der Waals surface area contributed by atoms with E-state index in [1.54, 1.807) is 0 Å². The van der Waals surface area contributed by atoms with Crippen LogP contribution in [-0.4, -0.2) is 11.6 Å². The lowest BCUT2D eigenvalue weighted by molar-refractivity contribution is -0.119. The zero-order valence-corrected chi connectivity index (χ0v) is 8.64. The van der Waals surface area contributed by atoms with Gasteiger partial charge in [-0.1, -0.05) is 13.8 Å². The van der Waals surface area contributed by atoms with Gasteiger partial charge in [0.1, 0.15) is 11.6 Å². The average Bonchev–Trinajstić information content (AvgIpc) is 1.87. The van der Waals surface area contributed by atoms with E-state index < -0.39 is 0 Å². The minimum absolute atomic E-state index is 0.167. The van der Waals surface area contributed by atoms with Gasteiger partial charge in [-0.15, -0.1) is 0 Å². The predicted molar refractivity (Wildman–Crippen MR) is 51.2 cm³/mol. The predicted octanol–water partition coefficient (Wildman–Crippen LogP) is 2.75. The van der Waals surface area contributed by atoms with Crippen LogP contribution < -0.4 is 0 Å². The summed E-state index contributed by atoms with van der Waals surface area (Å²) in [5.74, 6) is 0.579. The fraction of sp³-hybridized carbons (Fsp3) is 0.800. The van der Waals surface area contributed by atoms with Gasteiger partial charge in [0.25, 0.3) is 0 Å². The first-order valence-corrected chi connectivity index (χ1v) is 4.53. The van der Waals surface area contributed by atoms with Crippen molar-refractivity contribution < 1.29 is 9.59 Å². The van der Waals surface area contributed by atoms with Gasteiger partial charge in [-0.05, 0) is 26.7 Å². The van der Waals surface area contributed by atoms with E-state index in [2.05, 4.69) is 0 Å². The molecule has 0 unspecified atom stereocenters. The van der Waals surface area contributed by atoms with Crippen molar-refractivity contribution in [1.82, 2.24) is 0 Å². The van der Waals surface area contributed by atoms with Crippen molar-refractivity contribution in [1.29, 1.82) is 0 Å². The molecule has 0 bridgehead atoms. The van der Waals surface area contributed by atoms with Gasteiger partial charge in [-0.25, -0.2) is 0 Å². The maximum atomic E-state index is 10.6. The van der Waals surface area contributed by atoms with Gasteiger partial charge >= 0.3 is 0 Å². The van der Waals surface area contributed by atoms with Crippen molar-refractivity contribution in [3.63, 3.8) is 0 Å². The standard InChI is InChI=1S/C7H14O.C3H6O/c1-3-5-7(8)6-4-2;1-3(2)4/h3-6H2,1-2H3;1-2H3. The molecule has 2 heteroatoms. The van der Waals surface area contributed by atoms with Gasteiger partial charge < -0.3 is 4.79 Å². The molecule has 0 aliphatic rings. The molecular formula is C10H20O2. The van der Waals surface area contributed by atoms with Crippen LogP contribution in [0.5, 0.6) is 0 Å². The summed E-state index contributed by atoms with van der Waals surface area (Å²) in [5.41, 5.74) is 0. The lowest BCUT2D eigenvalue weighted by atomic mass is 10.1. The van der Waals surface area contributed by atoms with Crippen LogP contribution in [0.4, 0.5) is 0 Å². The summed E-state index contributed by atoms with van der Waals surface area (Å²) >= 11 is 0. The van der Waals surface area contributed by atoms with Crippen LogP contribution in [-0.2, 0) is 9.59 Å². The van der Waals surface area contributed by atoms with Crippen molar-refractivity contribution in [3.05, 3.63) is 0 Å². The Morgan fingerprint density at radius 1 is 0.917 bits per heavy atom. The normalized spacial score (nSPS) is 8.33. The van der Waals surface area contributed by atoms with Crippen molar-refractivity contribution in [2.75, 3.05) is 0 Å². The number of carbonyl (C=O) groups excluding carboxylic acids is 2. The number of carbonyl (C=O) groups is 2. The van der Waals surface area contributed by atoms with Crippen molar-refractivity contribution in [2.45, 2.75) is 53.4 Å². The van der Waals surface area contributed by atoms with Gasteiger partial charge in [0.2, 0.25) is 0 Å². The van der Waals surface area contributed by atoms with E-state index in [-0.39, 0.29) is 5.78 Å². The number of ketones is 2. The number of hydrogen-bond acceptors (Lipinski definition) is 2. The Kier molecular flexibility index (Phi) is 12.0. The molecule has 0 aliphatic carbocycles. The first-order valence-electron chi connectivity index (χ1n) is 4.53. The molecule has 0 amide bonds. The molecule has 0 rings (SSSR count). The molecule has 0 heterocycles. The molecule has 0 fully saturated rings. The number of hydrogen-bond donors (Lipinski definition) is 0. The van der Waals surface area contributed by atoms with E-state index in [0.717, 1.165) is 25.7 Å². The molecule has 0 spiro atoms. The van der Waals surface area contributed by atoms with E-state index in [1.807, 2.05) is 13.8 Å². The molecule has 0 aromatic rings. The second-order valence-electron chi connectivity index (χ2n) is 2.95. The second-order valence-corrected chi connectivity index (χ2v) is 2.95. The molecule has 0 saturated heterocycles. The van der Waals surface area contributed by atoms with E-state index >= 15 is 0 Å². The fourth-order valence-electron chi connectivity index (χ4n) is 0.683. The minimum atomic E-state index is 0.167. The summed E-state index contributed by atoms with van der Waals surface area (Å²) < 4.78 is 0. The SMILES string of the molecule is CC(C)=O.CCCC(=O)CCC. The fourth-order valence-corrected chi connectivity index (χ4v) is 0.683. The summed E-state index contributed by atoms with van der Waals surface area (Å²) in [6.45, 7) is 7.13. The first-order chi connectivity index (χ1) is 5.54. The van der Waals surface area contributed by atoms with E-state index in [1.165, 1.54) is 13.8 Å². The third-order valence-corrected chi connectivity index (χ3v) is 1.06. The first kappa shape index (κ1) is 13.9. The van der Waals surface area contributed by atoms with E-state index in [9.17, 15) is 9.59 Å². The highest BCUT2D eigenvalue weighted by atomic mass is 16.1. The molecule has 0 aromatic carbocycles. The van der Waals surface area contributed by atoms with E-state index in [4.69, 9.17) is 0 Å². The minimum Gasteiger partial charge on any atom is -0.300 e. The summed E-state index contributed by atoms with van der Waals surface area (Å²) in [6.07, 6.45) is 3.54. The molecule has 0 aromatic heterocycles. The molecular weight excluding hydrogens is 152 g/mol. The largest absolute Gasteiger partial charge is 0.300 e. The lowest BCUT2D eigenvalue weighted by Gasteiger charge is -1.91. The highest BCUT2D eigenvalue weighted by Crippen LogP contribution is 1.95. The van der Waals surface area contributed by atoms with Crippen LogP contribution in [0.2, 0.25) is 0 Å². The maximum absolute atomic E-state index is 10.6.